The van der Waals surface area contributed by atoms with Gasteiger partial charge in [-0.25, -0.2) is 13.1 Å². The molecule has 0 atom stereocenters. The van der Waals surface area contributed by atoms with Gasteiger partial charge in [-0.05, 0) is 48.7 Å². The summed E-state index contributed by atoms with van der Waals surface area (Å²) in [6.45, 7) is 5.60. The predicted octanol–water partition coefficient (Wildman–Crippen LogP) is 3.54. The summed E-state index contributed by atoms with van der Waals surface area (Å²) < 4.78 is 27.4. The fourth-order valence-corrected chi connectivity index (χ4v) is 3.90. The molecule has 1 N–H and O–H groups in total. The highest BCUT2D eigenvalue weighted by Crippen LogP contribution is 2.21. The molecule has 2 aromatic rings. The smallest absolute Gasteiger partial charge is 0.240 e. The van der Waals surface area contributed by atoms with Crippen LogP contribution >= 0.6 is 11.6 Å². The number of hydrogen-bond donors (Lipinski definition) is 1. The summed E-state index contributed by atoms with van der Waals surface area (Å²) in [5.74, 6) is -0.132. The Morgan fingerprint density at radius 1 is 1.19 bits per heavy atom. The Morgan fingerprint density at radius 2 is 1.88 bits per heavy atom. The van der Waals surface area contributed by atoms with E-state index >= 15 is 0 Å². The van der Waals surface area contributed by atoms with Crippen molar-refractivity contribution in [3.63, 3.8) is 0 Å². The number of benzene rings is 2. The Kier molecular flexibility index (Phi) is 6.81. The van der Waals surface area contributed by atoms with Crippen LogP contribution in [0.25, 0.3) is 0 Å². The van der Waals surface area contributed by atoms with Gasteiger partial charge in [0.25, 0.3) is 0 Å². The van der Waals surface area contributed by atoms with Crippen LogP contribution in [0.4, 0.5) is 5.69 Å². The molecule has 0 fully saturated rings. The van der Waals surface area contributed by atoms with E-state index in [2.05, 4.69) is 4.72 Å². The lowest BCUT2D eigenvalue weighted by Crippen LogP contribution is -2.38. The van der Waals surface area contributed by atoms with Gasteiger partial charge in [0.15, 0.2) is 0 Å². The van der Waals surface area contributed by atoms with Crippen molar-refractivity contribution in [3.05, 3.63) is 58.6 Å². The number of nitrogens with zero attached hydrogens (tertiary/aromatic N) is 1. The lowest BCUT2D eigenvalue weighted by molar-refractivity contribution is -0.116. The van der Waals surface area contributed by atoms with Crippen LogP contribution in [0.1, 0.15) is 25.0 Å². The zero-order chi connectivity index (χ0) is 19.3. The number of hydrogen-bond acceptors (Lipinski definition) is 3. The number of carbonyl (C=O) groups is 1. The van der Waals surface area contributed by atoms with E-state index in [1.54, 1.807) is 17.9 Å². The van der Waals surface area contributed by atoms with Crippen LogP contribution in [0.5, 0.6) is 0 Å². The largest absolute Gasteiger partial charge is 0.311 e. The molecule has 0 aliphatic rings. The third kappa shape index (κ3) is 4.84. The van der Waals surface area contributed by atoms with Gasteiger partial charge in [0.1, 0.15) is 0 Å². The Bertz CT molecular complexity index is 897. The molecule has 0 spiro atoms. The fraction of sp³-hybridized carbons (Fsp3) is 0.316. The number of sulfonamides is 1. The maximum atomic E-state index is 12.4. The van der Waals surface area contributed by atoms with Gasteiger partial charge in [-0.3, -0.25) is 4.79 Å². The van der Waals surface area contributed by atoms with Crippen LogP contribution in [0, 0.1) is 6.92 Å². The van der Waals surface area contributed by atoms with Gasteiger partial charge in [0.05, 0.1) is 4.90 Å². The fourth-order valence-electron chi connectivity index (χ4n) is 2.68. The number of carbonyl (C=O) groups excluding carboxylic acids is 1. The maximum Gasteiger partial charge on any atom is 0.240 e. The first-order valence-electron chi connectivity index (χ1n) is 8.38. The summed E-state index contributed by atoms with van der Waals surface area (Å²) in [4.78, 5) is 13.8. The monoisotopic (exact) mass is 394 g/mol. The quantitative estimate of drug-likeness (QED) is 0.781. The predicted molar refractivity (Wildman–Crippen MR) is 105 cm³/mol. The Hall–Kier alpha value is -1.89. The third-order valence-corrected chi connectivity index (χ3v) is 5.99. The molecule has 140 valence electrons. The van der Waals surface area contributed by atoms with Gasteiger partial charge in [-0.2, -0.15) is 0 Å². The summed E-state index contributed by atoms with van der Waals surface area (Å²) in [5.41, 5.74) is 2.54. The number of halogens is 1. The number of rotatable bonds is 7. The maximum absolute atomic E-state index is 12.4. The molecule has 1 amide bonds. The van der Waals surface area contributed by atoms with Crippen molar-refractivity contribution in [1.29, 1.82) is 0 Å². The Morgan fingerprint density at radius 3 is 2.50 bits per heavy atom. The molecule has 0 heterocycles. The minimum atomic E-state index is -3.67. The first-order chi connectivity index (χ1) is 12.3. The van der Waals surface area contributed by atoms with E-state index < -0.39 is 10.0 Å². The Balaban J connectivity index is 2.12. The van der Waals surface area contributed by atoms with E-state index in [1.807, 2.05) is 31.2 Å². The van der Waals surface area contributed by atoms with Gasteiger partial charge in [0, 0.05) is 30.7 Å². The average molecular weight is 395 g/mol. The minimum Gasteiger partial charge on any atom is -0.311 e. The zero-order valence-corrected chi connectivity index (χ0v) is 16.7. The van der Waals surface area contributed by atoms with Gasteiger partial charge in [-0.1, -0.05) is 36.7 Å². The second-order valence-electron chi connectivity index (χ2n) is 5.96. The minimum absolute atomic E-state index is 0.113. The highest BCUT2D eigenvalue weighted by Gasteiger charge is 2.18. The molecule has 0 aliphatic carbocycles. The number of nitrogens with one attached hydrogen (secondary N) is 1. The lowest BCUT2D eigenvalue weighted by Gasteiger charge is -2.24. The second-order valence-corrected chi connectivity index (χ2v) is 8.14. The molecule has 0 saturated heterocycles. The van der Waals surface area contributed by atoms with Crippen molar-refractivity contribution in [2.75, 3.05) is 18.0 Å². The molecular weight excluding hydrogens is 372 g/mol. The molecule has 5 nitrogen and oxygen atoms in total. The normalized spacial score (nSPS) is 11.4. The van der Waals surface area contributed by atoms with Crippen LogP contribution in [0.3, 0.4) is 0 Å². The van der Waals surface area contributed by atoms with Crippen LogP contribution in [-0.4, -0.2) is 27.4 Å². The van der Waals surface area contributed by atoms with E-state index in [1.165, 1.54) is 19.1 Å². The topological polar surface area (TPSA) is 66.5 Å². The van der Waals surface area contributed by atoms with E-state index in [4.69, 9.17) is 11.6 Å². The van der Waals surface area contributed by atoms with Crippen molar-refractivity contribution in [2.45, 2.75) is 32.1 Å². The highest BCUT2D eigenvalue weighted by molar-refractivity contribution is 7.89. The van der Waals surface area contributed by atoms with Crippen LogP contribution in [0.15, 0.2) is 47.4 Å². The summed E-state index contributed by atoms with van der Waals surface area (Å²) in [7, 11) is -3.67. The Labute approximate surface area is 160 Å². The summed E-state index contributed by atoms with van der Waals surface area (Å²) in [5, 5.41) is 0.517. The first kappa shape index (κ1) is 20.4. The van der Waals surface area contributed by atoms with Gasteiger partial charge >= 0.3 is 0 Å². The van der Waals surface area contributed by atoms with Crippen LogP contribution < -0.4 is 9.62 Å². The number of aryl methyl sites for hydroxylation is 2. The van der Waals surface area contributed by atoms with Crippen molar-refractivity contribution in [1.82, 2.24) is 4.72 Å². The van der Waals surface area contributed by atoms with E-state index in [0.717, 1.165) is 17.7 Å². The van der Waals surface area contributed by atoms with Crippen molar-refractivity contribution < 1.29 is 13.2 Å². The summed E-state index contributed by atoms with van der Waals surface area (Å²) in [6.07, 6.45) is 0.787. The second kappa shape index (κ2) is 8.66. The molecule has 2 aromatic carbocycles. The highest BCUT2D eigenvalue weighted by atomic mass is 35.5. The van der Waals surface area contributed by atoms with Crippen LogP contribution in [0.2, 0.25) is 5.02 Å². The van der Waals surface area contributed by atoms with E-state index in [0.29, 0.717) is 10.6 Å². The molecule has 2 rings (SSSR count). The molecule has 26 heavy (non-hydrogen) atoms. The van der Waals surface area contributed by atoms with Crippen molar-refractivity contribution in [2.24, 2.45) is 0 Å². The molecule has 0 saturated carbocycles. The molecule has 0 bridgehead atoms. The van der Waals surface area contributed by atoms with Gasteiger partial charge in [-0.15, -0.1) is 0 Å². The molecule has 0 aromatic heterocycles. The van der Waals surface area contributed by atoms with Gasteiger partial charge < -0.3 is 4.90 Å². The standard InChI is InChI=1S/C19H23ClN2O3S/c1-4-16-7-5-6-8-19(16)22(15(3)23)12-11-21-26(24,25)17-9-10-18(20)14(2)13-17/h5-10,13,21H,4,11-12H2,1-3H3. The van der Waals surface area contributed by atoms with Crippen molar-refractivity contribution >= 4 is 33.2 Å². The van der Waals surface area contributed by atoms with E-state index in [-0.39, 0.29) is 23.9 Å². The summed E-state index contributed by atoms with van der Waals surface area (Å²) in [6, 6.07) is 12.2. The lowest BCUT2D eigenvalue weighted by atomic mass is 10.1. The summed E-state index contributed by atoms with van der Waals surface area (Å²) >= 11 is 5.95. The number of anilines is 1. The molecule has 0 aliphatic heterocycles. The van der Waals surface area contributed by atoms with Gasteiger partial charge in [0.2, 0.25) is 15.9 Å². The molecule has 7 heteroatoms. The molecule has 0 unspecified atom stereocenters. The third-order valence-electron chi connectivity index (χ3n) is 4.11. The molecule has 0 radical (unpaired) electrons. The average Bonchev–Trinajstić information content (AvgIpc) is 2.60. The zero-order valence-electron chi connectivity index (χ0n) is 15.1. The number of amides is 1. The molecular formula is C19H23ClN2O3S. The van der Waals surface area contributed by atoms with E-state index in [9.17, 15) is 13.2 Å². The number of para-hydroxylation sites is 1. The van der Waals surface area contributed by atoms with Crippen LogP contribution in [-0.2, 0) is 21.2 Å². The first-order valence-corrected chi connectivity index (χ1v) is 10.2. The SMILES string of the molecule is CCc1ccccc1N(CCNS(=O)(=O)c1ccc(Cl)c(C)c1)C(C)=O. The van der Waals surface area contributed by atoms with Crippen molar-refractivity contribution in [3.8, 4) is 0 Å².